The summed E-state index contributed by atoms with van der Waals surface area (Å²) >= 11 is 0. The van der Waals surface area contributed by atoms with Gasteiger partial charge in [0.05, 0.1) is 7.11 Å². The lowest BCUT2D eigenvalue weighted by Crippen LogP contribution is -2.03. The molecule has 0 saturated heterocycles. The summed E-state index contributed by atoms with van der Waals surface area (Å²) in [5.41, 5.74) is 0.305. The smallest absolute Gasteiger partial charge is 0.305 e. The van der Waals surface area contributed by atoms with E-state index < -0.39 is 0 Å². The van der Waals surface area contributed by atoms with E-state index in [4.69, 9.17) is 0 Å². The normalized spacial score (nSPS) is 21.4. The van der Waals surface area contributed by atoms with E-state index in [1.165, 1.54) is 52.1 Å². The summed E-state index contributed by atoms with van der Waals surface area (Å²) in [7, 11) is 1.45. The van der Waals surface area contributed by atoms with E-state index in [-0.39, 0.29) is 5.97 Å². The summed E-state index contributed by atoms with van der Waals surface area (Å²) in [5.74, 6) is 1.47. The van der Waals surface area contributed by atoms with Crippen LogP contribution in [0.3, 0.4) is 0 Å². The highest BCUT2D eigenvalue weighted by Gasteiger charge is 2.23. The molecule has 1 rings (SSSR count). The maximum absolute atomic E-state index is 11.1. The van der Waals surface area contributed by atoms with Crippen LogP contribution >= 0.6 is 0 Å². The van der Waals surface area contributed by atoms with Crippen molar-refractivity contribution in [1.29, 1.82) is 0 Å². The molecule has 2 heteroatoms. The zero-order chi connectivity index (χ0) is 19.3. The molecule has 0 aromatic rings. The molecule has 1 aliphatic carbocycles. The lowest BCUT2D eigenvalue weighted by atomic mass is 9.92. The van der Waals surface area contributed by atoms with Crippen LogP contribution in [0.15, 0.2) is 36.5 Å². The second kappa shape index (κ2) is 12.9. The van der Waals surface area contributed by atoms with Gasteiger partial charge < -0.3 is 4.74 Å². The number of rotatable bonds is 11. The van der Waals surface area contributed by atoms with E-state index in [9.17, 15) is 4.79 Å². The van der Waals surface area contributed by atoms with Gasteiger partial charge in [0.15, 0.2) is 0 Å². The Morgan fingerprint density at radius 3 is 2.46 bits per heavy atom. The predicted octanol–water partition coefficient (Wildman–Crippen LogP) is 7.02. The molecule has 0 bridgehead atoms. The first kappa shape index (κ1) is 22.7. The number of unbranched alkanes of at least 4 members (excludes halogenated alkanes) is 3. The molecule has 0 spiro atoms. The number of carbonyl (C=O) groups excluding carboxylic acids is 1. The van der Waals surface area contributed by atoms with Gasteiger partial charge >= 0.3 is 5.97 Å². The molecular formula is C24H40O2. The van der Waals surface area contributed by atoms with Crippen molar-refractivity contribution in [2.75, 3.05) is 7.11 Å². The standard InChI is InChI=1S/C24H40O2/c1-24(2,3)20-13-9-5-6-10-15-21-17-14-18-22(21)16-11-7-8-12-19-23(25)26-4/h7,10-11,13,15,20-22H,5-6,8-9,12,14,16-19H2,1-4H3/t21-,22-/m0/s1. The van der Waals surface area contributed by atoms with Crippen molar-refractivity contribution in [3.8, 4) is 0 Å². The zero-order valence-corrected chi connectivity index (χ0v) is 17.5. The van der Waals surface area contributed by atoms with Crippen molar-refractivity contribution in [2.45, 2.75) is 85.0 Å². The molecule has 2 atom stereocenters. The van der Waals surface area contributed by atoms with Gasteiger partial charge in [0.1, 0.15) is 0 Å². The van der Waals surface area contributed by atoms with Crippen LogP contribution in [0.1, 0.15) is 85.0 Å². The van der Waals surface area contributed by atoms with Gasteiger partial charge in [-0.2, -0.15) is 0 Å². The second-order valence-electron chi connectivity index (χ2n) is 8.66. The summed E-state index contributed by atoms with van der Waals surface area (Å²) in [4.78, 5) is 11.1. The number of carbonyl (C=O) groups is 1. The Morgan fingerprint density at radius 1 is 1.00 bits per heavy atom. The summed E-state index contributed by atoms with van der Waals surface area (Å²) in [6.07, 6.45) is 25.4. The fraction of sp³-hybridized carbons (Fsp3) is 0.708. The molecule has 0 N–H and O–H groups in total. The summed E-state index contributed by atoms with van der Waals surface area (Å²) in [6, 6.07) is 0. The average molecular weight is 361 g/mol. The molecule has 0 unspecified atom stereocenters. The van der Waals surface area contributed by atoms with Gasteiger partial charge in [-0.3, -0.25) is 4.79 Å². The third-order valence-electron chi connectivity index (χ3n) is 5.05. The van der Waals surface area contributed by atoms with Crippen molar-refractivity contribution >= 4 is 5.97 Å². The number of hydrogen-bond acceptors (Lipinski definition) is 2. The highest BCUT2D eigenvalue weighted by Crippen LogP contribution is 2.35. The Bertz CT molecular complexity index is 465. The van der Waals surface area contributed by atoms with Gasteiger partial charge in [0.25, 0.3) is 0 Å². The molecule has 1 aliphatic rings. The monoisotopic (exact) mass is 360 g/mol. The maximum Gasteiger partial charge on any atom is 0.305 e. The highest BCUT2D eigenvalue weighted by atomic mass is 16.5. The van der Waals surface area contributed by atoms with E-state index in [0.717, 1.165) is 24.7 Å². The molecule has 0 aromatic carbocycles. The molecule has 2 nitrogen and oxygen atoms in total. The topological polar surface area (TPSA) is 26.3 Å². The van der Waals surface area contributed by atoms with Crippen LogP contribution in [-0.2, 0) is 9.53 Å². The molecule has 0 radical (unpaired) electrons. The summed E-state index contributed by atoms with van der Waals surface area (Å²) in [5, 5.41) is 0. The molecule has 0 heterocycles. The third-order valence-corrected chi connectivity index (χ3v) is 5.05. The summed E-state index contributed by atoms with van der Waals surface area (Å²) in [6.45, 7) is 6.74. The quantitative estimate of drug-likeness (QED) is 0.225. The Labute approximate surface area is 161 Å². The molecule has 1 saturated carbocycles. The molecule has 26 heavy (non-hydrogen) atoms. The second-order valence-corrected chi connectivity index (χ2v) is 8.66. The lowest BCUT2D eigenvalue weighted by molar-refractivity contribution is -0.140. The number of hydrogen-bond donors (Lipinski definition) is 0. The van der Waals surface area contributed by atoms with Gasteiger partial charge in [0.2, 0.25) is 0 Å². The Morgan fingerprint density at radius 2 is 1.73 bits per heavy atom. The molecule has 0 aliphatic heterocycles. The predicted molar refractivity (Wildman–Crippen MR) is 112 cm³/mol. The molecule has 1 fully saturated rings. The minimum absolute atomic E-state index is 0.103. The first-order valence-electron chi connectivity index (χ1n) is 10.5. The molecule has 148 valence electrons. The van der Waals surface area contributed by atoms with Gasteiger partial charge in [-0.25, -0.2) is 0 Å². The van der Waals surface area contributed by atoms with Crippen LogP contribution in [0, 0.1) is 17.3 Å². The van der Waals surface area contributed by atoms with Crippen molar-refractivity contribution in [2.24, 2.45) is 17.3 Å². The van der Waals surface area contributed by atoms with Crippen LogP contribution in [-0.4, -0.2) is 13.1 Å². The number of ether oxygens (including phenoxy) is 1. The minimum atomic E-state index is -0.103. The number of esters is 1. The fourth-order valence-corrected chi connectivity index (χ4v) is 3.53. The van der Waals surface area contributed by atoms with Crippen molar-refractivity contribution in [3.05, 3.63) is 36.5 Å². The van der Waals surface area contributed by atoms with Crippen LogP contribution in [0.5, 0.6) is 0 Å². The maximum atomic E-state index is 11.1. The van der Waals surface area contributed by atoms with Gasteiger partial charge in [-0.15, -0.1) is 0 Å². The average Bonchev–Trinajstić information content (AvgIpc) is 3.03. The van der Waals surface area contributed by atoms with Crippen LogP contribution in [0.2, 0.25) is 0 Å². The van der Waals surface area contributed by atoms with Crippen molar-refractivity contribution in [3.63, 3.8) is 0 Å². The van der Waals surface area contributed by atoms with E-state index in [2.05, 4.69) is 62.0 Å². The van der Waals surface area contributed by atoms with Crippen LogP contribution < -0.4 is 0 Å². The van der Waals surface area contributed by atoms with E-state index >= 15 is 0 Å². The largest absolute Gasteiger partial charge is 0.469 e. The summed E-state index contributed by atoms with van der Waals surface area (Å²) < 4.78 is 4.66. The molecular weight excluding hydrogens is 320 g/mol. The van der Waals surface area contributed by atoms with Crippen LogP contribution in [0.25, 0.3) is 0 Å². The van der Waals surface area contributed by atoms with Crippen molar-refractivity contribution in [1.82, 2.24) is 0 Å². The van der Waals surface area contributed by atoms with E-state index in [1.54, 1.807) is 0 Å². The molecule has 0 aromatic heterocycles. The van der Waals surface area contributed by atoms with E-state index in [0.29, 0.717) is 11.8 Å². The fourth-order valence-electron chi connectivity index (χ4n) is 3.53. The Kier molecular flexibility index (Phi) is 11.3. The van der Waals surface area contributed by atoms with Gasteiger partial charge in [0, 0.05) is 6.42 Å². The molecule has 0 amide bonds. The zero-order valence-electron chi connectivity index (χ0n) is 17.5. The minimum Gasteiger partial charge on any atom is -0.469 e. The highest BCUT2D eigenvalue weighted by molar-refractivity contribution is 5.69. The Balaban J connectivity index is 2.18. The van der Waals surface area contributed by atoms with Gasteiger partial charge in [-0.1, -0.05) is 63.6 Å². The lowest BCUT2D eigenvalue weighted by Gasteiger charge is -2.14. The third kappa shape index (κ3) is 11.3. The SMILES string of the molecule is COC(=O)CCCC=CC[C@H]1CCC[C@@H]1C=CCCCC=CC(C)(C)C. The first-order valence-corrected chi connectivity index (χ1v) is 10.5. The number of methoxy groups -OCH3 is 1. The Hall–Kier alpha value is -1.31. The first-order chi connectivity index (χ1) is 12.4. The van der Waals surface area contributed by atoms with Crippen LogP contribution in [0.4, 0.5) is 0 Å². The van der Waals surface area contributed by atoms with Gasteiger partial charge in [-0.05, 0) is 68.6 Å². The van der Waals surface area contributed by atoms with E-state index in [1.807, 2.05) is 0 Å². The number of allylic oxidation sites excluding steroid dienone is 6. The van der Waals surface area contributed by atoms with Crippen molar-refractivity contribution < 1.29 is 9.53 Å².